The molecule has 2 heteroatoms. The van der Waals surface area contributed by atoms with Crippen LogP contribution in [0.4, 0.5) is 4.39 Å². The first kappa shape index (κ1) is 12.2. The van der Waals surface area contributed by atoms with Crippen LogP contribution in [-0.2, 0) is 11.2 Å². The van der Waals surface area contributed by atoms with Crippen molar-refractivity contribution >= 4 is 0 Å². The number of benzene rings is 1. The van der Waals surface area contributed by atoms with E-state index in [2.05, 4.69) is 6.92 Å². The molecule has 0 saturated heterocycles. The van der Waals surface area contributed by atoms with Crippen molar-refractivity contribution in [3.05, 3.63) is 42.6 Å². The summed E-state index contributed by atoms with van der Waals surface area (Å²) in [6.07, 6.45) is 3.92. The summed E-state index contributed by atoms with van der Waals surface area (Å²) in [6, 6.07) is 6.66. The highest BCUT2D eigenvalue weighted by atomic mass is 19.1. The number of halogens is 1. The molecule has 0 amide bonds. The molecule has 1 nitrogen and oxygen atoms in total. The molecule has 15 heavy (non-hydrogen) atoms. The van der Waals surface area contributed by atoms with Crippen molar-refractivity contribution in [1.29, 1.82) is 0 Å². The molecule has 1 aromatic rings. The maximum Gasteiger partial charge on any atom is 0.123 e. The molecule has 0 spiro atoms. The standard InChI is InChI=1S/C13H18FO/c1-2-3-4-9-15-10-8-12-6-5-7-13(14)11-12/h5-7,11H,1-4,8-10H2. The summed E-state index contributed by atoms with van der Waals surface area (Å²) in [5, 5.41) is 0. The second kappa shape index (κ2) is 7.41. The van der Waals surface area contributed by atoms with E-state index in [0.717, 1.165) is 37.9 Å². The largest absolute Gasteiger partial charge is 0.381 e. The third-order valence-corrected chi connectivity index (χ3v) is 2.21. The van der Waals surface area contributed by atoms with Gasteiger partial charge in [0.05, 0.1) is 6.61 Å². The van der Waals surface area contributed by atoms with Gasteiger partial charge >= 0.3 is 0 Å². The number of rotatable bonds is 7. The Labute approximate surface area is 91.3 Å². The van der Waals surface area contributed by atoms with Gasteiger partial charge in [-0.15, -0.1) is 0 Å². The summed E-state index contributed by atoms with van der Waals surface area (Å²) in [5.41, 5.74) is 0.993. The molecule has 0 aromatic heterocycles. The van der Waals surface area contributed by atoms with Crippen molar-refractivity contribution in [3.63, 3.8) is 0 Å². The predicted molar refractivity (Wildman–Crippen MR) is 60.1 cm³/mol. The van der Waals surface area contributed by atoms with E-state index in [-0.39, 0.29) is 5.82 Å². The quantitative estimate of drug-likeness (QED) is 0.625. The molecule has 0 aliphatic heterocycles. The van der Waals surface area contributed by atoms with Crippen molar-refractivity contribution in [2.75, 3.05) is 13.2 Å². The van der Waals surface area contributed by atoms with E-state index < -0.39 is 0 Å². The molecule has 0 saturated carbocycles. The third-order valence-electron chi connectivity index (χ3n) is 2.21. The lowest BCUT2D eigenvalue weighted by Crippen LogP contribution is -2.00. The number of unbranched alkanes of at least 4 members (excludes halogenated alkanes) is 2. The predicted octanol–water partition coefficient (Wildman–Crippen LogP) is 3.39. The van der Waals surface area contributed by atoms with Crippen LogP contribution in [0.15, 0.2) is 24.3 Å². The van der Waals surface area contributed by atoms with E-state index in [1.54, 1.807) is 12.1 Å². The Kier molecular flexibility index (Phi) is 6.02. The molecule has 0 aliphatic rings. The zero-order valence-electron chi connectivity index (χ0n) is 9.05. The molecule has 1 aromatic carbocycles. The third kappa shape index (κ3) is 5.53. The Bertz CT molecular complexity index is 273. The number of hydrogen-bond acceptors (Lipinski definition) is 1. The summed E-state index contributed by atoms with van der Waals surface area (Å²) >= 11 is 0. The first-order valence-electron chi connectivity index (χ1n) is 5.44. The van der Waals surface area contributed by atoms with E-state index in [4.69, 9.17) is 4.74 Å². The van der Waals surface area contributed by atoms with Gasteiger partial charge in [-0.1, -0.05) is 31.9 Å². The molecule has 83 valence electrons. The normalized spacial score (nSPS) is 10.5. The average molecular weight is 209 g/mol. The van der Waals surface area contributed by atoms with Crippen LogP contribution in [0.2, 0.25) is 0 Å². The molecule has 1 rings (SSSR count). The molecular formula is C13H18FO. The van der Waals surface area contributed by atoms with E-state index in [0.29, 0.717) is 6.61 Å². The number of hydrogen-bond donors (Lipinski definition) is 0. The summed E-state index contributed by atoms with van der Waals surface area (Å²) in [4.78, 5) is 0. The Balaban J connectivity index is 2.10. The summed E-state index contributed by atoms with van der Waals surface area (Å²) in [6.45, 7) is 5.21. The lowest BCUT2D eigenvalue weighted by molar-refractivity contribution is 0.133. The van der Waals surface area contributed by atoms with Gasteiger partial charge in [-0.05, 0) is 30.5 Å². The Hall–Kier alpha value is -0.890. The highest BCUT2D eigenvalue weighted by Crippen LogP contribution is 2.04. The lowest BCUT2D eigenvalue weighted by atomic mass is 10.1. The maximum atomic E-state index is 12.8. The van der Waals surface area contributed by atoms with Crippen LogP contribution in [0.3, 0.4) is 0 Å². The van der Waals surface area contributed by atoms with Gasteiger partial charge in [-0.25, -0.2) is 4.39 Å². The van der Waals surface area contributed by atoms with Gasteiger partial charge in [0, 0.05) is 6.61 Å². The van der Waals surface area contributed by atoms with Crippen LogP contribution >= 0.6 is 0 Å². The molecule has 0 aliphatic carbocycles. The first-order valence-corrected chi connectivity index (χ1v) is 5.44. The lowest BCUT2D eigenvalue weighted by Gasteiger charge is -2.03. The highest BCUT2D eigenvalue weighted by molar-refractivity contribution is 5.16. The van der Waals surface area contributed by atoms with Crippen LogP contribution in [0, 0.1) is 12.7 Å². The zero-order chi connectivity index (χ0) is 10.9. The minimum Gasteiger partial charge on any atom is -0.381 e. The van der Waals surface area contributed by atoms with Gasteiger partial charge in [0.1, 0.15) is 5.82 Å². The van der Waals surface area contributed by atoms with E-state index in [1.807, 2.05) is 6.07 Å². The van der Waals surface area contributed by atoms with Gasteiger partial charge in [0.15, 0.2) is 0 Å². The van der Waals surface area contributed by atoms with Crippen LogP contribution < -0.4 is 0 Å². The minimum atomic E-state index is -0.176. The van der Waals surface area contributed by atoms with Crippen molar-refractivity contribution in [1.82, 2.24) is 0 Å². The molecule has 0 unspecified atom stereocenters. The van der Waals surface area contributed by atoms with Crippen molar-refractivity contribution in [2.45, 2.75) is 25.7 Å². The van der Waals surface area contributed by atoms with Gasteiger partial charge in [0.25, 0.3) is 0 Å². The van der Waals surface area contributed by atoms with E-state index in [9.17, 15) is 4.39 Å². The summed E-state index contributed by atoms with van der Waals surface area (Å²) < 4.78 is 18.2. The fraction of sp³-hybridized carbons (Fsp3) is 0.462. The fourth-order valence-electron chi connectivity index (χ4n) is 1.37. The molecule has 0 N–H and O–H groups in total. The monoisotopic (exact) mass is 209 g/mol. The van der Waals surface area contributed by atoms with Crippen molar-refractivity contribution < 1.29 is 9.13 Å². The van der Waals surface area contributed by atoms with Gasteiger partial charge in [0.2, 0.25) is 0 Å². The SMILES string of the molecule is [CH2]CCCCOCCc1cccc(F)c1. The highest BCUT2D eigenvalue weighted by Gasteiger charge is 1.95. The Morgan fingerprint density at radius 2 is 2.07 bits per heavy atom. The summed E-state index contributed by atoms with van der Waals surface area (Å²) in [5.74, 6) is -0.176. The van der Waals surface area contributed by atoms with Crippen molar-refractivity contribution in [3.8, 4) is 0 Å². The molecule has 1 radical (unpaired) electrons. The average Bonchev–Trinajstić information content (AvgIpc) is 2.23. The topological polar surface area (TPSA) is 9.23 Å². The zero-order valence-corrected chi connectivity index (χ0v) is 9.05. The maximum absolute atomic E-state index is 12.8. The molecular weight excluding hydrogens is 191 g/mol. The van der Waals surface area contributed by atoms with E-state index >= 15 is 0 Å². The van der Waals surface area contributed by atoms with Crippen LogP contribution in [0.1, 0.15) is 24.8 Å². The second-order valence-corrected chi connectivity index (χ2v) is 3.55. The Morgan fingerprint density at radius 1 is 1.20 bits per heavy atom. The van der Waals surface area contributed by atoms with Crippen molar-refractivity contribution in [2.24, 2.45) is 0 Å². The van der Waals surface area contributed by atoms with Gasteiger partial charge in [-0.3, -0.25) is 0 Å². The van der Waals surface area contributed by atoms with Gasteiger partial charge in [-0.2, -0.15) is 0 Å². The smallest absolute Gasteiger partial charge is 0.123 e. The van der Waals surface area contributed by atoms with Gasteiger partial charge < -0.3 is 4.74 Å². The fourth-order valence-corrected chi connectivity index (χ4v) is 1.37. The number of ether oxygens (including phenoxy) is 1. The van der Waals surface area contributed by atoms with Crippen LogP contribution in [0.5, 0.6) is 0 Å². The molecule has 0 bridgehead atoms. The van der Waals surface area contributed by atoms with Crippen LogP contribution in [0.25, 0.3) is 0 Å². The molecule has 0 fully saturated rings. The molecule has 0 heterocycles. The van der Waals surface area contributed by atoms with Crippen LogP contribution in [-0.4, -0.2) is 13.2 Å². The molecule has 0 atom stereocenters. The Morgan fingerprint density at radius 3 is 2.80 bits per heavy atom. The second-order valence-electron chi connectivity index (χ2n) is 3.55. The first-order chi connectivity index (χ1) is 7.33. The summed E-state index contributed by atoms with van der Waals surface area (Å²) in [7, 11) is 0. The minimum absolute atomic E-state index is 0.176. The van der Waals surface area contributed by atoms with E-state index in [1.165, 1.54) is 6.07 Å².